The summed E-state index contributed by atoms with van der Waals surface area (Å²) >= 11 is 0. The van der Waals surface area contributed by atoms with Gasteiger partial charge in [0, 0.05) is 5.56 Å². The zero-order valence-corrected chi connectivity index (χ0v) is 14.3. The molecule has 0 unspecified atom stereocenters. The number of phenolic OH excluding ortho intramolecular Hbond substituents is 2. The fourth-order valence-electron chi connectivity index (χ4n) is 3.02. The van der Waals surface area contributed by atoms with E-state index in [1.807, 2.05) is 24.3 Å². The van der Waals surface area contributed by atoms with Crippen LogP contribution in [0.2, 0.25) is 0 Å². The first kappa shape index (κ1) is 17.0. The first-order valence-electron chi connectivity index (χ1n) is 7.90. The van der Waals surface area contributed by atoms with Gasteiger partial charge in [0.2, 0.25) is 5.75 Å². The number of ether oxygens (including phenoxy) is 3. The Balaban J connectivity index is 1.94. The summed E-state index contributed by atoms with van der Waals surface area (Å²) in [5.41, 5.74) is 1.22. The quantitative estimate of drug-likeness (QED) is 0.887. The van der Waals surface area contributed by atoms with E-state index in [0.29, 0.717) is 6.42 Å². The van der Waals surface area contributed by atoms with Crippen molar-refractivity contribution in [3.63, 3.8) is 0 Å². The van der Waals surface area contributed by atoms with Gasteiger partial charge in [-0.1, -0.05) is 12.1 Å². The highest BCUT2D eigenvalue weighted by Crippen LogP contribution is 2.50. The van der Waals surface area contributed by atoms with E-state index < -0.39 is 5.92 Å². The van der Waals surface area contributed by atoms with Crippen molar-refractivity contribution in [3.8, 4) is 28.7 Å². The van der Waals surface area contributed by atoms with E-state index in [0.717, 1.165) is 11.3 Å². The molecule has 6 heteroatoms. The fraction of sp³-hybridized carbons (Fsp3) is 0.316. The maximum absolute atomic E-state index is 12.9. The van der Waals surface area contributed by atoms with Gasteiger partial charge in [-0.05, 0) is 31.0 Å². The van der Waals surface area contributed by atoms with E-state index in [2.05, 4.69) is 0 Å². The Kier molecular flexibility index (Phi) is 4.44. The zero-order valence-electron chi connectivity index (χ0n) is 14.3. The van der Waals surface area contributed by atoms with Crippen molar-refractivity contribution in [1.29, 1.82) is 0 Å². The molecule has 0 amide bonds. The Morgan fingerprint density at radius 1 is 1.12 bits per heavy atom. The molecule has 0 saturated heterocycles. The molecule has 2 aromatic rings. The van der Waals surface area contributed by atoms with Crippen LogP contribution in [-0.2, 0) is 6.42 Å². The highest BCUT2D eigenvalue weighted by Gasteiger charge is 2.36. The predicted octanol–water partition coefficient (Wildman–Crippen LogP) is 2.86. The van der Waals surface area contributed by atoms with Crippen molar-refractivity contribution in [2.24, 2.45) is 5.92 Å². The highest BCUT2D eigenvalue weighted by molar-refractivity contribution is 6.05. The van der Waals surface area contributed by atoms with Crippen molar-refractivity contribution in [3.05, 3.63) is 41.0 Å². The van der Waals surface area contributed by atoms with E-state index in [1.54, 1.807) is 7.11 Å². The predicted molar refractivity (Wildman–Crippen MR) is 91.1 cm³/mol. The summed E-state index contributed by atoms with van der Waals surface area (Å²) in [5, 5.41) is 20.4. The van der Waals surface area contributed by atoms with Gasteiger partial charge in [-0.15, -0.1) is 0 Å². The van der Waals surface area contributed by atoms with Crippen molar-refractivity contribution < 1.29 is 29.2 Å². The van der Waals surface area contributed by atoms with Gasteiger partial charge in [0.15, 0.2) is 17.3 Å². The molecule has 0 fully saturated rings. The Labute approximate surface area is 145 Å². The molecule has 1 aliphatic heterocycles. The third-order valence-corrected chi connectivity index (χ3v) is 4.49. The molecule has 1 atom stereocenters. The Morgan fingerprint density at radius 2 is 1.80 bits per heavy atom. The number of carbonyl (C=O) groups is 1. The monoisotopic (exact) mass is 344 g/mol. The summed E-state index contributed by atoms with van der Waals surface area (Å²) in [7, 11) is 2.97. The molecule has 0 bridgehead atoms. The van der Waals surface area contributed by atoms with E-state index in [1.165, 1.54) is 14.0 Å². The molecule has 3 rings (SSSR count). The number of benzene rings is 2. The first-order chi connectivity index (χ1) is 12.0. The number of phenols is 2. The third kappa shape index (κ3) is 2.84. The van der Waals surface area contributed by atoms with E-state index >= 15 is 0 Å². The average molecular weight is 344 g/mol. The van der Waals surface area contributed by atoms with Crippen molar-refractivity contribution in [2.75, 3.05) is 20.8 Å². The van der Waals surface area contributed by atoms with Crippen LogP contribution in [0.4, 0.5) is 0 Å². The summed E-state index contributed by atoms with van der Waals surface area (Å²) in [6.07, 6.45) is 0.476. The Bertz CT molecular complexity index is 810. The molecule has 2 N–H and O–H groups in total. The standard InChI is InChI=1S/C19H20O6/c1-10-15(20)14-17(22)12(8-11-4-6-13(23-2)7-5-11)9-25-18(14)19(24-3)16(10)21/h4-7,12,20-21H,8-9H2,1-3H3/t12-/m1/s1. The summed E-state index contributed by atoms with van der Waals surface area (Å²) in [5.74, 6) is -0.233. The Hall–Kier alpha value is -2.89. The van der Waals surface area contributed by atoms with Crippen molar-refractivity contribution in [2.45, 2.75) is 13.3 Å². The lowest BCUT2D eigenvalue weighted by Crippen LogP contribution is -2.30. The number of hydrogen-bond acceptors (Lipinski definition) is 6. The average Bonchev–Trinajstić information content (AvgIpc) is 2.63. The maximum atomic E-state index is 12.9. The van der Waals surface area contributed by atoms with Crippen LogP contribution in [0.1, 0.15) is 21.5 Å². The second-order valence-corrected chi connectivity index (χ2v) is 5.98. The van der Waals surface area contributed by atoms with Gasteiger partial charge >= 0.3 is 0 Å². The maximum Gasteiger partial charge on any atom is 0.204 e. The largest absolute Gasteiger partial charge is 0.507 e. The number of methoxy groups -OCH3 is 2. The minimum Gasteiger partial charge on any atom is -0.507 e. The lowest BCUT2D eigenvalue weighted by Gasteiger charge is -2.27. The molecular weight excluding hydrogens is 324 g/mol. The molecule has 6 nitrogen and oxygen atoms in total. The molecule has 1 aliphatic rings. The van der Waals surface area contributed by atoms with Gasteiger partial charge in [-0.3, -0.25) is 4.79 Å². The number of hydrogen-bond donors (Lipinski definition) is 2. The summed E-state index contributed by atoms with van der Waals surface area (Å²) < 4.78 is 16.0. The fourth-order valence-corrected chi connectivity index (χ4v) is 3.02. The van der Waals surface area contributed by atoms with Crippen LogP contribution in [0.15, 0.2) is 24.3 Å². The van der Waals surface area contributed by atoms with Gasteiger partial charge in [-0.2, -0.15) is 0 Å². The lowest BCUT2D eigenvalue weighted by molar-refractivity contribution is 0.0820. The van der Waals surface area contributed by atoms with Gasteiger partial charge in [0.1, 0.15) is 17.1 Å². The number of aromatic hydroxyl groups is 2. The molecule has 1 heterocycles. The van der Waals surface area contributed by atoms with Crippen molar-refractivity contribution in [1.82, 2.24) is 0 Å². The molecule has 0 aromatic heterocycles. The molecule has 0 radical (unpaired) electrons. The van der Waals surface area contributed by atoms with Crippen LogP contribution in [0, 0.1) is 12.8 Å². The van der Waals surface area contributed by atoms with E-state index in [9.17, 15) is 15.0 Å². The second kappa shape index (κ2) is 6.55. The number of rotatable bonds is 4. The third-order valence-electron chi connectivity index (χ3n) is 4.49. The normalized spacial score (nSPS) is 16.1. The Morgan fingerprint density at radius 3 is 2.40 bits per heavy atom. The molecule has 0 spiro atoms. The van der Waals surface area contributed by atoms with Gasteiger partial charge in [0.05, 0.1) is 26.7 Å². The van der Waals surface area contributed by atoms with Crippen LogP contribution in [0.3, 0.4) is 0 Å². The molecular formula is C19H20O6. The smallest absolute Gasteiger partial charge is 0.204 e. The molecule has 0 saturated carbocycles. The highest BCUT2D eigenvalue weighted by atomic mass is 16.5. The number of carbonyl (C=O) groups excluding carboxylic acids is 1. The second-order valence-electron chi connectivity index (χ2n) is 5.98. The van der Waals surface area contributed by atoms with E-state index in [-0.39, 0.29) is 46.5 Å². The molecule has 0 aliphatic carbocycles. The SMILES string of the molecule is COc1ccc(C[C@@H]2COc3c(OC)c(O)c(C)c(O)c3C2=O)cc1. The first-order valence-corrected chi connectivity index (χ1v) is 7.90. The summed E-state index contributed by atoms with van der Waals surface area (Å²) in [6, 6.07) is 7.45. The number of ketones is 1. The van der Waals surface area contributed by atoms with Crippen LogP contribution in [0.5, 0.6) is 28.7 Å². The minimum absolute atomic E-state index is 0.0666. The number of fused-ring (bicyclic) bond motifs is 1. The van der Waals surface area contributed by atoms with Gasteiger partial charge < -0.3 is 24.4 Å². The van der Waals surface area contributed by atoms with Crippen LogP contribution >= 0.6 is 0 Å². The topological polar surface area (TPSA) is 85.2 Å². The zero-order chi connectivity index (χ0) is 18.1. The van der Waals surface area contributed by atoms with Crippen LogP contribution in [0.25, 0.3) is 0 Å². The minimum atomic E-state index is -0.430. The van der Waals surface area contributed by atoms with Crippen LogP contribution in [-0.4, -0.2) is 36.8 Å². The molecule has 25 heavy (non-hydrogen) atoms. The molecule has 132 valence electrons. The lowest BCUT2D eigenvalue weighted by atomic mass is 9.88. The van der Waals surface area contributed by atoms with Gasteiger partial charge in [0.25, 0.3) is 0 Å². The van der Waals surface area contributed by atoms with Gasteiger partial charge in [-0.25, -0.2) is 0 Å². The number of Topliss-reactive ketones (excluding diaryl/α,β-unsaturated/α-hetero) is 1. The summed E-state index contributed by atoms with van der Waals surface area (Å²) in [6.45, 7) is 1.67. The van der Waals surface area contributed by atoms with Crippen molar-refractivity contribution >= 4 is 5.78 Å². The van der Waals surface area contributed by atoms with Crippen LogP contribution < -0.4 is 14.2 Å². The van der Waals surface area contributed by atoms with E-state index in [4.69, 9.17) is 14.2 Å². The molecule has 2 aromatic carbocycles. The summed E-state index contributed by atoms with van der Waals surface area (Å²) in [4.78, 5) is 12.9.